The Morgan fingerprint density at radius 3 is 2.34 bits per heavy atom. The molecule has 1 N–H and O–H groups in total. The van der Waals surface area contributed by atoms with Gasteiger partial charge in [0.25, 0.3) is 5.91 Å². The fourth-order valence-corrected chi connectivity index (χ4v) is 3.55. The van der Waals surface area contributed by atoms with E-state index in [1.165, 1.54) is 14.2 Å². The second kappa shape index (κ2) is 8.39. The van der Waals surface area contributed by atoms with Crippen molar-refractivity contribution < 1.29 is 23.8 Å². The molecule has 0 spiro atoms. The molecule has 3 rings (SSSR count). The van der Waals surface area contributed by atoms with Gasteiger partial charge in [0.05, 0.1) is 25.8 Å². The number of imide groups is 1. The minimum atomic E-state index is -1.23. The van der Waals surface area contributed by atoms with Gasteiger partial charge in [-0.15, -0.1) is 0 Å². The van der Waals surface area contributed by atoms with Gasteiger partial charge in [-0.05, 0) is 42.8 Å². The number of ether oxygens (including phenoxy) is 3. The smallest absolute Gasteiger partial charge is 0.325 e. The van der Waals surface area contributed by atoms with Crippen molar-refractivity contribution >= 4 is 35.1 Å². The topological polar surface area (TPSA) is 77.1 Å². The molecule has 3 amide bonds. The van der Waals surface area contributed by atoms with Crippen LogP contribution in [0.25, 0.3) is 0 Å². The third-order valence-electron chi connectivity index (χ3n) is 4.70. The average molecular weight is 439 g/mol. The Morgan fingerprint density at radius 1 is 1.00 bits per heavy atom. The second-order valence-electron chi connectivity index (χ2n) is 6.50. The average Bonchev–Trinajstić information content (AvgIpc) is 2.92. The van der Waals surface area contributed by atoms with E-state index in [4.69, 9.17) is 37.4 Å². The lowest BCUT2D eigenvalue weighted by atomic mass is 9.91. The molecular weight excluding hydrogens is 419 g/mol. The van der Waals surface area contributed by atoms with Gasteiger partial charge in [0.1, 0.15) is 17.9 Å². The molecule has 0 bridgehead atoms. The number of hydrogen-bond donors (Lipinski definition) is 1. The summed E-state index contributed by atoms with van der Waals surface area (Å²) in [5, 5.41) is 3.58. The fraction of sp³-hybridized carbons (Fsp3) is 0.300. The first-order chi connectivity index (χ1) is 13.8. The van der Waals surface area contributed by atoms with Crippen molar-refractivity contribution in [1.29, 1.82) is 0 Å². The van der Waals surface area contributed by atoms with Crippen molar-refractivity contribution in [2.45, 2.75) is 12.5 Å². The van der Waals surface area contributed by atoms with Crippen LogP contribution in [0.15, 0.2) is 36.4 Å². The molecule has 0 aliphatic carbocycles. The first kappa shape index (κ1) is 21.1. The Balaban J connectivity index is 1.73. The number of urea groups is 1. The highest BCUT2D eigenvalue weighted by Crippen LogP contribution is 2.35. The van der Waals surface area contributed by atoms with Gasteiger partial charge in [0, 0.05) is 5.02 Å². The van der Waals surface area contributed by atoms with Gasteiger partial charge in [0.2, 0.25) is 0 Å². The summed E-state index contributed by atoms with van der Waals surface area (Å²) in [5.41, 5.74) is -0.646. The second-order valence-corrected chi connectivity index (χ2v) is 7.35. The highest BCUT2D eigenvalue weighted by Gasteiger charge is 2.49. The Hall–Kier alpha value is -2.64. The lowest BCUT2D eigenvalue weighted by Crippen LogP contribution is -2.41. The van der Waals surface area contributed by atoms with E-state index in [0.717, 1.165) is 4.90 Å². The number of amides is 3. The zero-order valence-electron chi connectivity index (χ0n) is 16.1. The van der Waals surface area contributed by atoms with Crippen LogP contribution in [0.3, 0.4) is 0 Å². The van der Waals surface area contributed by atoms with Crippen LogP contribution in [0.2, 0.25) is 10.0 Å². The minimum Gasteiger partial charge on any atom is -0.493 e. The first-order valence-electron chi connectivity index (χ1n) is 8.74. The number of hydrogen-bond acceptors (Lipinski definition) is 5. The summed E-state index contributed by atoms with van der Waals surface area (Å²) in [6, 6.07) is 9.40. The van der Waals surface area contributed by atoms with Crippen LogP contribution in [0.1, 0.15) is 12.5 Å². The molecule has 1 heterocycles. The summed E-state index contributed by atoms with van der Waals surface area (Å²) >= 11 is 11.9. The Labute approximate surface area is 178 Å². The maximum Gasteiger partial charge on any atom is 0.325 e. The minimum absolute atomic E-state index is 0.0620. The molecule has 154 valence electrons. The van der Waals surface area contributed by atoms with Gasteiger partial charge in [-0.1, -0.05) is 29.3 Å². The number of nitrogens with one attached hydrogen (secondary N) is 1. The zero-order chi connectivity index (χ0) is 21.2. The van der Waals surface area contributed by atoms with Crippen LogP contribution in [-0.2, 0) is 10.3 Å². The third-order valence-corrected chi connectivity index (χ3v) is 5.23. The first-order valence-corrected chi connectivity index (χ1v) is 9.50. The zero-order valence-corrected chi connectivity index (χ0v) is 17.6. The fourth-order valence-electron chi connectivity index (χ4n) is 3.08. The van der Waals surface area contributed by atoms with Gasteiger partial charge in [-0.25, -0.2) is 4.79 Å². The lowest BCUT2D eigenvalue weighted by Gasteiger charge is -2.23. The number of benzene rings is 2. The molecule has 1 atom stereocenters. The lowest BCUT2D eigenvalue weighted by molar-refractivity contribution is -0.131. The van der Waals surface area contributed by atoms with E-state index in [0.29, 0.717) is 32.9 Å². The molecule has 1 aliphatic heterocycles. The number of halogens is 2. The molecule has 0 saturated carbocycles. The Morgan fingerprint density at radius 2 is 1.69 bits per heavy atom. The Kier molecular flexibility index (Phi) is 6.10. The summed E-state index contributed by atoms with van der Waals surface area (Å²) in [5.74, 6) is 1.03. The largest absolute Gasteiger partial charge is 0.493 e. The number of carbonyl (C=O) groups excluding carboxylic acids is 2. The van der Waals surface area contributed by atoms with Crippen LogP contribution in [-0.4, -0.2) is 44.2 Å². The molecule has 1 aliphatic rings. The van der Waals surface area contributed by atoms with E-state index in [1.807, 2.05) is 0 Å². The van der Waals surface area contributed by atoms with E-state index in [1.54, 1.807) is 43.3 Å². The molecule has 0 aromatic heterocycles. The van der Waals surface area contributed by atoms with Crippen LogP contribution in [0.5, 0.6) is 17.2 Å². The maximum absolute atomic E-state index is 13.0. The van der Waals surface area contributed by atoms with Crippen molar-refractivity contribution in [3.63, 3.8) is 0 Å². The maximum atomic E-state index is 13.0. The molecule has 2 aromatic rings. The van der Waals surface area contributed by atoms with E-state index in [9.17, 15) is 9.59 Å². The summed E-state index contributed by atoms with van der Waals surface area (Å²) in [4.78, 5) is 26.6. The summed E-state index contributed by atoms with van der Waals surface area (Å²) in [6.07, 6.45) is 0. The molecule has 1 fully saturated rings. The highest BCUT2D eigenvalue weighted by atomic mass is 35.5. The van der Waals surface area contributed by atoms with Gasteiger partial charge >= 0.3 is 6.03 Å². The van der Waals surface area contributed by atoms with Gasteiger partial charge in [-0.2, -0.15) is 0 Å². The van der Waals surface area contributed by atoms with Gasteiger partial charge in [0.15, 0.2) is 11.5 Å². The van der Waals surface area contributed by atoms with Crippen molar-refractivity contribution in [1.82, 2.24) is 10.2 Å². The molecule has 0 radical (unpaired) electrons. The van der Waals surface area contributed by atoms with Crippen molar-refractivity contribution in [2.75, 3.05) is 27.4 Å². The number of methoxy groups -OCH3 is 2. The molecule has 7 nitrogen and oxygen atoms in total. The third kappa shape index (κ3) is 4.06. The van der Waals surface area contributed by atoms with Crippen molar-refractivity contribution in [2.24, 2.45) is 0 Å². The van der Waals surface area contributed by atoms with E-state index < -0.39 is 11.6 Å². The molecule has 1 saturated heterocycles. The van der Waals surface area contributed by atoms with E-state index in [2.05, 4.69) is 5.32 Å². The number of nitrogens with zero attached hydrogens (tertiary/aromatic N) is 1. The summed E-state index contributed by atoms with van der Waals surface area (Å²) in [6.45, 7) is 1.79. The Bertz CT molecular complexity index is 952. The molecular formula is C20H20Cl2N2O5. The highest BCUT2D eigenvalue weighted by molar-refractivity contribution is 6.35. The van der Waals surface area contributed by atoms with Crippen LogP contribution < -0.4 is 19.5 Å². The normalized spacial score (nSPS) is 18.6. The number of carbonyl (C=O) groups is 2. The standard InChI is InChI=1S/C20H20Cl2N2O5/c1-20(12-4-6-16(27-2)17(10-12)28-3)18(25)24(19(26)23-20)8-9-29-15-7-5-13(21)11-14(15)22/h4-7,10-11H,8-9H2,1-3H3,(H,23,26). The quantitative estimate of drug-likeness (QED) is 0.664. The molecule has 1 unspecified atom stereocenters. The van der Waals surface area contributed by atoms with Gasteiger partial charge < -0.3 is 19.5 Å². The number of rotatable bonds is 7. The van der Waals surface area contributed by atoms with Crippen molar-refractivity contribution in [3.05, 3.63) is 52.0 Å². The molecule has 2 aromatic carbocycles. The summed E-state index contributed by atoms with van der Waals surface area (Å²) < 4.78 is 16.1. The monoisotopic (exact) mass is 438 g/mol. The SMILES string of the molecule is COc1ccc(C2(C)NC(=O)N(CCOc3ccc(Cl)cc3Cl)C2=O)cc1OC. The van der Waals surface area contributed by atoms with E-state index >= 15 is 0 Å². The van der Waals surface area contributed by atoms with Crippen molar-refractivity contribution in [3.8, 4) is 17.2 Å². The summed E-state index contributed by atoms with van der Waals surface area (Å²) in [7, 11) is 3.03. The van der Waals surface area contributed by atoms with Crippen LogP contribution in [0.4, 0.5) is 4.79 Å². The molecule has 29 heavy (non-hydrogen) atoms. The van der Waals surface area contributed by atoms with Crippen LogP contribution in [0, 0.1) is 0 Å². The van der Waals surface area contributed by atoms with E-state index in [-0.39, 0.29) is 19.1 Å². The predicted molar refractivity (Wildman–Crippen MR) is 109 cm³/mol. The molecule has 9 heteroatoms. The van der Waals surface area contributed by atoms with Gasteiger partial charge in [-0.3, -0.25) is 9.69 Å². The predicted octanol–water partition coefficient (Wildman–Crippen LogP) is 3.86. The van der Waals surface area contributed by atoms with Crippen LogP contribution >= 0.6 is 23.2 Å².